The lowest BCUT2D eigenvalue weighted by Crippen LogP contribution is -2.38. The third kappa shape index (κ3) is 6.24. The van der Waals surface area contributed by atoms with Gasteiger partial charge in [-0.25, -0.2) is 0 Å². The van der Waals surface area contributed by atoms with Crippen molar-refractivity contribution in [1.29, 1.82) is 0 Å². The summed E-state index contributed by atoms with van der Waals surface area (Å²) >= 11 is 0. The lowest BCUT2D eigenvalue weighted by atomic mass is 9.79. The van der Waals surface area contributed by atoms with Crippen LogP contribution in [0.5, 0.6) is 0 Å². The van der Waals surface area contributed by atoms with E-state index in [-0.39, 0.29) is 63.1 Å². The Balaban J connectivity index is 0.925. The van der Waals surface area contributed by atoms with E-state index in [1.54, 1.807) is 0 Å². The summed E-state index contributed by atoms with van der Waals surface area (Å²) in [6.45, 7) is 1.64. The normalized spacial score (nSPS) is 40.3. The summed E-state index contributed by atoms with van der Waals surface area (Å²) in [6.07, 6.45) is 1.90. The Morgan fingerprint density at radius 3 is 1.19 bits per heavy atom. The van der Waals surface area contributed by atoms with Gasteiger partial charge in [-0.05, 0) is 25.7 Å². The second-order valence-electron chi connectivity index (χ2n) is 10.7. The molecule has 0 amide bonds. The quantitative estimate of drug-likeness (QED) is 0.145. The molecule has 0 radical (unpaired) electrons. The number of esters is 4. The Labute approximate surface area is 213 Å². The Morgan fingerprint density at radius 1 is 0.541 bits per heavy atom. The van der Waals surface area contributed by atoms with Crippen molar-refractivity contribution >= 4 is 23.9 Å². The van der Waals surface area contributed by atoms with Gasteiger partial charge in [-0.2, -0.15) is 0 Å². The van der Waals surface area contributed by atoms with Crippen LogP contribution in [0.2, 0.25) is 0 Å². The molecular weight excluding hydrogens is 492 g/mol. The van der Waals surface area contributed by atoms with Crippen molar-refractivity contribution in [3.05, 3.63) is 0 Å². The molecule has 12 nitrogen and oxygen atoms in total. The van der Waals surface area contributed by atoms with Crippen LogP contribution in [0.4, 0.5) is 0 Å². The Morgan fingerprint density at radius 2 is 0.865 bits per heavy atom. The molecular formula is C25H32O12. The maximum atomic E-state index is 12.8. The lowest BCUT2D eigenvalue weighted by Gasteiger charge is -2.26. The first-order chi connectivity index (χ1) is 18.0. The fraction of sp³-hybridized carbons (Fsp3) is 0.840. The van der Waals surface area contributed by atoms with E-state index in [2.05, 4.69) is 0 Å². The van der Waals surface area contributed by atoms with Crippen molar-refractivity contribution in [2.24, 2.45) is 23.7 Å². The van der Waals surface area contributed by atoms with Gasteiger partial charge in [0.2, 0.25) is 0 Å². The smallest absolute Gasteiger partial charge is 0.310 e. The van der Waals surface area contributed by atoms with Gasteiger partial charge >= 0.3 is 23.9 Å². The highest BCUT2D eigenvalue weighted by Crippen LogP contribution is 2.45. The third-order valence-electron chi connectivity index (χ3n) is 7.91. The van der Waals surface area contributed by atoms with Gasteiger partial charge in [0.25, 0.3) is 0 Å². The van der Waals surface area contributed by atoms with Gasteiger partial charge in [0.05, 0.1) is 74.5 Å². The van der Waals surface area contributed by atoms with E-state index in [9.17, 15) is 19.2 Å². The van der Waals surface area contributed by atoms with Crippen LogP contribution in [0.1, 0.15) is 32.1 Å². The molecule has 37 heavy (non-hydrogen) atoms. The van der Waals surface area contributed by atoms with Crippen molar-refractivity contribution in [2.45, 2.75) is 68.7 Å². The van der Waals surface area contributed by atoms with E-state index in [1.807, 2.05) is 0 Å². The molecule has 2 aliphatic carbocycles. The van der Waals surface area contributed by atoms with E-state index in [0.29, 0.717) is 45.3 Å². The Bertz CT molecular complexity index is 841. The lowest BCUT2D eigenvalue weighted by molar-refractivity contribution is -0.164. The van der Waals surface area contributed by atoms with Crippen LogP contribution in [-0.2, 0) is 57.1 Å². The minimum Gasteiger partial charge on any atom is -0.465 e. The first-order valence-corrected chi connectivity index (χ1v) is 13.2. The highest BCUT2D eigenvalue weighted by Gasteiger charge is 2.55. The van der Waals surface area contributed by atoms with E-state index in [1.165, 1.54) is 0 Å². The summed E-state index contributed by atoms with van der Waals surface area (Å²) < 4.78 is 42.6. The predicted octanol–water partition coefficient (Wildman–Crippen LogP) is -0.0659. The minimum absolute atomic E-state index is 0.00237. The molecule has 12 heteroatoms. The van der Waals surface area contributed by atoms with Gasteiger partial charge in [-0.3, -0.25) is 19.2 Å². The highest BCUT2D eigenvalue weighted by molar-refractivity contribution is 5.83. The van der Waals surface area contributed by atoms with Crippen molar-refractivity contribution in [3.8, 4) is 0 Å². The molecule has 4 saturated heterocycles. The molecule has 0 aromatic rings. The molecule has 0 bridgehead atoms. The molecule has 6 fully saturated rings. The van der Waals surface area contributed by atoms with Gasteiger partial charge in [-0.15, -0.1) is 0 Å². The van der Waals surface area contributed by atoms with Crippen LogP contribution < -0.4 is 0 Å². The largest absolute Gasteiger partial charge is 0.465 e. The summed E-state index contributed by atoms with van der Waals surface area (Å²) in [5, 5.41) is 0. The molecule has 6 rings (SSSR count). The molecule has 6 aliphatic rings. The number of fused-ring (bicyclic) bond motifs is 2. The number of carbonyl (C=O) groups excluding carboxylic acids is 4. The Kier molecular flexibility index (Phi) is 7.08. The summed E-state index contributed by atoms with van der Waals surface area (Å²) in [7, 11) is 0. The second kappa shape index (κ2) is 10.5. The summed E-state index contributed by atoms with van der Waals surface area (Å²) in [4.78, 5) is 50.6. The van der Waals surface area contributed by atoms with Crippen LogP contribution in [-0.4, -0.2) is 100 Å². The maximum absolute atomic E-state index is 12.8. The minimum atomic E-state index is -0.625. The average molecular weight is 525 g/mol. The number of epoxide rings is 4. The van der Waals surface area contributed by atoms with Crippen molar-refractivity contribution in [2.75, 3.05) is 39.6 Å². The molecule has 10 unspecified atom stereocenters. The van der Waals surface area contributed by atoms with Crippen LogP contribution in [0.3, 0.4) is 0 Å². The van der Waals surface area contributed by atoms with Gasteiger partial charge in [0, 0.05) is 6.42 Å². The fourth-order valence-electron chi connectivity index (χ4n) is 5.40. The topological polar surface area (TPSA) is 155 Å². The van der Waals surface area contributed by atoms with E-state index in [4.69, 9.17) is 37.9 Å². The van der Waals surface area contributed by atoms with Gasteiger partial charge in [0.15, 0.2) is 0 Å². The van der Waals surface area contributed by atoms with E-state index < -0.39 is 47.5 Å². The first kappa shape index (κ1) is 25.0. The predicted molar refractivity (Wildman–Crippen MR) is 118 cm³/mol. The Hall–Kier alpha value is -2.28. The maximum Gasteiger partial charge on any atom is 0.310 e. The average Bonchev–Trinajstić information content (AvgIpc) is 3.74. The summed E-state index contributed by atoms with van der Waals surface area (Å²) in [6, 6.07) is 0. The van der Waals surface area contributed by atoms with Gasteiger partial charge in [-0.1, -0.05) is 0 Å². The van der Waals surface area contributed by atoms with Crippen molar-refractivity contribution < 1.29 is 57.1 Å². The van der Waals surface area contributed by atoms with Crippen molar-refractivity contribution in [3.63, 3.8) is 0 Å². The highest BCUT2D eigenvalue weighted by atomic mass is 16.6. The summed E-state index contributed by atoms with van der Waals surface area (Å²) in [5.74, 6) is -4.25. The first-order valence-electron chi connectivity index (χ1n) is 13.2. The zero-order valence-electron chi connectivity index (χ0n) is 20.5. The molecule has 204 valence electrons. The molecule has 0 aromatic carbocycles. The second-order valence-corrected chi connectivity index (χ2v) is 10.7. The number of hydrogen-bond acceptors (Lipinski definition) is 12. The molecule has 0 spiro atoms. The zero-order chi connectivity index (χ0) is 25.5. The molecule has 4 heterocycles. The van der Waals surface area contributed by atoms with Gasteiger partial charge < -0.3 is 37.9 Å². The molecule has 10 atom stereocenters. The van der Waals surface area contributed by atoms with Gasteiger partial charge in [0.1, 0.15) is 25.4 Å². The molecule has 0 aromatic heterocycles. The van der Waals surface area contributed by atoms with Crippen LogP contribution in [0.25, 0.3) is 0 Å². The van der Waals surface area contributed by atoms with Crippen LogP contribution >= 0.6 is 0 Å². The SMILES string of the molecule is O=C(OCCCOC(=O)C1CC2OC2CC1C(=O)OCC1CO1)C1CC2OC2CC1C(=O)OCC1CO1. The van der Waals surface area contributed by atoms with Crippen LogP contribution in [0.15, 0.2) is 0 Å². The standard InChI is InChI=1S/C25H32O12/c26-22(14-4-18-20(36-18)6-16(14)24(28)34-10-12-8-32-12)30-2-1-3-31-23(27)15-5-19-21(37-19)7-17(15)25(29)35-11-13-9-33-13/h12-21H,1-11H2. The number of rotatable bonds is 12. The van der Waals surface area contributed by atoms with Crippen LogP contribution in [0, 0.1) is 23.7 Å². The summed E-state index contributed by atoms with van der Waals surface area (Å²) in [5.41, 5.74) is 0. The monoisotopic (exact) mass is 524 g/mol. The number of carbonyl (C=O) groups is 4. The molecule has 0 N–H and O–H groups in total. The molecule has 4 aliphatic heterocycles. The van der Waals surface area contributed by atoms with Crippen molar-refractivity contribution in [1.82, 2.24) is 0 Å². The molecule has 2 saturated carbocycles. The zero-order valence-corrected chi connectivity index (χ0v) is 20.5. The van der Waals surface area contributed by atoms with E-state index >= 15 is 0 Å². The van der Waals surface area contributed by atoms with E-state index in [0.717, 1.165) is 0 Å². The number of ether oxygens (including phenoxy) is 8. The fourth-order valence-corrected chi connectivity index (χ4v) is 5.40. The number of hydrogen-bond donors (Lipinski definition) is 0. The third-order valence-corrected chi connectivity index (χ3v) is 7.91.